The van der Waals surface area contributed by atoms with Gasteiger partial charge in [-0.15, -0.1) is 0 Å². The first kappa shape index (κ1) is 19.2. The molecule has 1 atom stereocenters. The number of carbonyl (C=O) groups excluding carboxylic acids is 2. The van der Waals surface area contributed by atoms with E-state index in [9.17, 15) is 14.0 Å². The van der Waals surface area contributed by atoms with Gasteiger partial charge in [-0.05, 0) is 49.6 Å². The number of ether oxygens (including phenoxy) is 1. The van der Waals surface area contributed by atoms with Gasteiger partial charge < -0.3 is 19.9 Å². The van der Waals surface area contributed by atoms with Crippen molar-refractivity contribution in [2.24, 2.45) is 0 Å². The Morgan fingerprint density at radius 1 is 1.10 bits per heavy atom. The molecule has 0 aliphatic carbocycles. The summed E-state index contributed by atoms with van der Waals surface area (Å²) in [7, 11) is 1.55. The first-order valence-corrected chi connectivity index (χ1v) is 9.88. The third kappa shape index (κ3) is 3.77. The summed E-state index contributed by atoms with van der Waals surface area (Å²) in [5.74, 6) is -0.450. The summed E-state index contributed by atoms with van der Waals surface area (Å²) >= 11 is 0. The third-order valence-electron chi connectivity index (χ3n) is 5.54. The number of amides is 2. The highest BCUT2D eigenvalue weighted by Crippen LogP contribution is 2.31. The predicted octanol–water partition coefficient (Wildman–Crippen LogP) is 2.97. The molecule has 7 heteroatoms. The molecule has 2 saturated heterocycles. The molecule has 152 valence electrons. The molecule has 4 rings (SSSR count). The van der Waals surface area contributed by atoms with Crippen molar-refractivity contribution in [2.75, 3.05) is 36.5 Å². The Hall–Kier alpha value is -3.09. The molecule has 0 bridgehead atoms. The van der Waals surface area contributed by atoms with Gasteiger partial charge in [0.25, 0.3) is 5.91 Å². The number of nitrogens with one attached hydrogen (secondary N) is 1. The van der Waals surface area contributed by atoms with Crippen LogP contribution in [0, 0.1) is 5.82 Å². The van der Waals surface area contributed by atoms with Crippen LogP contribution in [0.4, 0.5) is 15.8 Å². The lowest BCUT2D eigenvalue weighted by Gasteiger charge is -2.20. The van der Waals surface area contributed by atoms with Gasteiger partial charge in [0, 0.05) is 25.2 Å². The molecule has 2 heterocycles. The molecule has 2 aliphatic heterocycles. The van der Waals surface area contributed by atoms with Gasteiger partial charge in [0.15, 0.2) is 0 Å². The maximum Gasteiger partial charge on any atom is 0.252 e. The summed E-state index contributed by atoms with van der Waals surface area (Å²) in [5, 5.41) is 2.75. The van der Waals surface area contributed by atoms with Crippen molar-refractivity contribution < 1.29 is 18.7 Å². The number of hydrogen-bond donors (Lipinski definition) is 1. The number of halogens is 1. The normalized spacial score (nSPS) is 19.0. The molecule has 2 fully saturated rings. The van der Waals surface area contributed by atoms with Crippen molar-refractivity contribution in [3.63, 3.8) is 0 Å². The summed E-state index contributed by atoms with van der Waals surface area (Å²) in [5.41, 5.74) is 1.42. The lowest BCUT2D eigenvalue weighted by Crippen LogP contribution is -2.41. The van der Waals surface area contributed by atoms with Crippen LogP contribution in [0.15, 0.2) is 42.5 Å². The molecule has 2 aromatic rings. The molecular weight excluding hydrogens is 373 g/mol. The second-order valence-corrected chi connectivity index (χ2v) is 7.34. The van der Waals surface area contributed by atoms with Crippen LogP contribution < -0.4 is 19.9 Å². The number of methoxy groups -OCH3 is 1. The number of benzene rings is 2. The predicted molar refractivity (Wildman–Crippen MR) is 109 cm³/mol. The van der Waals surface area contributed by atoms with Crippen molar-refractivity contribution in [1.82, 2.24) is 5.32 Å². The van der Waals surface area contributed by atoms with Crippen LogP contribution in [0.3, 0.4) is 0 Å². The van der Waals surface area contributed by atoms with Crippen LogP contribution in [0.2, 0.25) is 0 Å². The zero-order chi connectivity index (χ0) is 20.4. The van der Waals surface area contributed by atoms with Gasteiger partial charge in [0.05, 0.1) is 18.5 Å². The highest BCUT2D eigenvalue weighted by atomic mass is 19.1. The summed E-state index contributed by atoms with van der Waals surface area (Å²) in [6.07, 6.45) is 2.58. The van der Waals surface area contributed by atoms with E-state index in [0.717, 1.165) is 25.9 Å². The average molecular weight is 397 g/mol. The van der Waals surface area contributed by atoms with E-state index in [-0.39, 0.29) is 11.5 Å². The summed E-state index contributed by atoms with van der Waals surface area (Å²) in [6.45, 7) is 2.14. The van der Waals surface area contributed by atoms with Gasteiger partial charge in [-0.3, -0.25) is 9.59 Å². The van der Waals surface area contributed by atoms with Gasteiger partial charge >= 0.3 is 0 Å². The zero-order valence-corrected chi connectivity index (χ0v) is 16.4. The lowest BCUT2D eigenvalue weighted by molar-refractivity contribution is -0.118. The summed E-state index contributed by atoms with van der Waals surface area (Å²) < 4.78 is 19.8. The van der Waals surface area contributed by atoms with Gasteiger partial charge in [-0.1, -0.05) is 12.1 Å². The molecule has 0 aromatic heterocycles. The Balaban J connectivity index is 1.45. The van der Waals surface area contributed by atoms with E-state index in [0.29, 0.717) is 30.1 Å². The fourth-order valence-corrected chi connectivity index (χ4v) is 4.01. The fraction of sp³-hybridized carbons (Fsp3) is 0.364. The van der Waals surface area contributed by atoms with Crippen LogP contribution in [0.5, 0.6) is 5.75 Å². The third-order valence-corrected chi connectivity index (χ3v) is 5.54. The topological polar surface area (TPSA) is 61.9 Å². The standard InChI is InChI=1S/C22H24FN3O3/c1-29-20-7-3-2-6-19(20)26-13-10-17(22(26)28)24-21(27)15-8-9-18(16(23)14-15)25-11-4-5-12-25/h2-3,6-9,14,17H,4-5,10-13H2,1H3,(H,24,27). The second-order valence-electron chi connectivity index (χ2n) is 7.34. The van der Waals surface area contributed by atoms with E-state index < -0.39 is 17.8 Å². The minimum absolute atomic E-state index is 0.197. The van der Waals surface area contributed by atoms with E-state index in [1.54, 1.807) is 30.2 Å². The molecule has 0 saturated carbocycles. The number of carbonyl (C=O) groups is 2. The van der Waals surface area contributed by atoms with Crippen molar-refractivity contribution >= 4 is 23.2 Å². The molecule has 0 radical (unpaired) electrons. The molecule has 0 spiro atoms. The van der Waals surface area contributed by atoms with E-state index in [1.807, 2.05) is 23.1 Å². The van der Waals surface area contributed by atoms with Crippen molar-refractivity contribution in [2.45, 2.75) is 25.3 Å². The summed E-state index contributed by atoms with van der Waals surface area (Å²) in [6, 6.07) is 11.1. The number of para-hydroxylation sites is 2. The van der Waals surface area contributed by atoms with Crippen molar-refractivity contribution in [3.8, 4) is 5.75 Å². The highest BCUT2D eigenvalue weighted by molar-refractivity contribution is 6.04. The van der Waals surface area contributed by atoms with Crippen LogP contribution in [-0.2, 0) is 4.79 Å². The molecule has 2 aromatic carbocycles. The van der Waals surface area contributed by atoms with Crippen molar-refractivity contribution in [3.05, 3.63) is 53.8 Å². The Morgan fingerprint density at radius 3 is 2.59 bits per heavy atom. The number of anilines is 2. The van der Waals surface area contributed by atoms with Crippen LogP contribution in [-0.4, -0.2) is 44.6 Å². The quantitative estimate of drug-likeness (QED) is 0.843. The van der Waals surface area contributed by atoms with Crippen molar-refractivity contribution in [1.29, 1.82) is 0 Å². The van der Waals surface area contributed by atoms with Crippen LogP contribution in [0.25, 0.3) is 0 Å². The molecule has 1 N–H and O–H groups in total. The van der Waals surface area contributed by atoms with Gasteiger partial charge in [0.2, 0.25) is 5.91 Å². The maximum atomic E-state index is 14.5. The first-order valence-electron chi connectivity index (χ1n) is 9.88. The molecule has 6 nitrogen and oxygen atoms in total. The molecule has 29 heavy (non-hydrogen) atoms. The van der Waals surface area contributed by atoms with E-state index >= 15 is 0 Å². The van der Waals surface area contributed by atoms with Gasteiger partial charge in [0.1, 0.15) is 17.6 Å². The zero-order valence-electron chi connectivity index (χ0n) is 16.4. The summed E-state index contributed by atoms with van der Waals surface area (Å²) in [4.78, 5) is 29.0. The minimum atomic E-state index is -0.645. The fourth-order valence-electron chi connectivity index (χ4n) is 4.01. The average Bonchev–Trinajstić information content (AvgIpc) is 3.38. The molecule has 1 unspecified atom stereocenters. The number of rotatable bonds is 5. The molecule has 2 aliphatic rings. The maximum absolute atomic E-state index is 14.5. The van der Waals surface area contributed by atoms with E-state index in [2.05, 4.69) is 5.32 Å². The molecule has 2 amide bonds. The van der Waals surface area contributed by atoms with Crippen LogP contribution in [0.1, 0.15) is 29.6 Å². The second kappa shape index (κ2) is 8.11. The number of hydrogen-bond acceptors (Lipinski definition) is 4. The smallest absolute Gasteiger partial charge is 0.252 e. The highest BCUT2D eigenvalue weighted by Gasteiger charge is 2.35. The largest absolute Gasteiger partial charge is 0.495 e. The SMILES string of the molecule is COc1ccccc1N1CCC(NC(=O)c2ccc(N3CCCC3)c(F)c2)C1=O. The first-order chi connectivity index (χ1) is 14.1. The van der Waals surface area contributed by atoms with Crippen LogP contribution >= 0.6 is 0 Å². The van der Waals surface area contributed by atoms with E-state index in [1.165, 1.54) is 6.07 Å². The Labute approximate surface area is 169 Å². The molecular formula is C22H24FN3O3. The Bertz CT molecular complexity index is 927. The van der Waals surface area contributed by atoms with E-state index in [4.69, 9.17) is 4.74 Å². The monoisotopic (exact) mass is 397 g/mol. The Kier molecular flexibility index (Phi) is 5.38. The minimum Gasteiger partial charge on any atom is -0.495 e. The number of nitrogens with zero attached hydrogens (tertiary/aromatic N) is 2. The van der Waals surface area contributed by atoms with Gasteiger partial charge in [-0.25, -0.2) is 4.39 Å². The Morgan fingerprint density at radius 2 is 1.86 bits per heavy atom. The van der Waals surface area contributed by atoms with Gasteiger partial charge in [-0.2, -0.15) is 0 Å². The lowest BCUT2D eigenvalue weighted by atomic mass is 10.1.